The molecule has 0 N–H and O–H groups in total. The number of methoxy groups -OCH3 is 1. The van der Waals surface area contributed by atoms with Crippen LogP contribution in [0.5, 0.6) is 5.75 Å². The Labute approximate surface area is 118 Å². The zero-order chi connectivity index (χ0) is 14.5. The van der Waals surface area contributed by atoms with Crippen LogP contribution in [0.4, 0.5) is 10.5 Å². The van der Waals surface area contributed by atoms with Gasteiger partial charge in [-0.2, -0.15) is 5.26 Å². The topological polar surface area (TPSA) is 62.6 Å². The Morgan fingerprint density at radius 1 is 1.50 bits per heavy atom. The number of carbonyl (C=O) groups is 1. The quantitative estimate of drug-likeness (QED) is 0.848. The lowest BCUT2D eigenvalue weighted by Crippen LogP contribution is -2.41. The van der Waals surface area contributed by atoms with Crippen molar-refractivity contribution < 1.29 is 14.3 Å². The summed E-state index contributed by atoms with van der Waals surface area (Å²) in [7, 11) is 1.58. The maximum Gasteiger partial charge on any atom is 0.415 e. The molecular formula is C15H16N2O3. The van der Waals surface area contributed by atoms with Crippen LogP contribution in [-0.4, -0.2) is 25.9 Å². The second kappa shape index (κ2) is 6.11. The van der Waals surface area contributed by atoms with Gasteiger partial charge in [-0.15, -0.1) is 0 Å². The number of hydrogen-bond acceptors (Lipinski definition) is 4. The molecule has 2 rings (SSSR count). The van der Waals surface area contributed by atoms with E-state index in [1.807, 2.05) is 19.1 Å². The van der Waals surface area contributed by atoms with E-state index >= 15 is 0 Å². The molecule has 1 aromatic carbocycles. The first kappa shape index (κ1) is 13.9. The predicted octanol–water partition coefficient (Wildman–Crippen LogP) is 2.97. The molecule has 5 nitrogen and oxygen atoms in total. The third kappa shape index (κ3) is 2.59. The SMILES string of the molecule is CCCOC(=O)N1c2ccc(OC)cc2C=CC1C#N. The molecule has 1 aliphatic rings. The van der Waals surface area contributed by atoms with E-state index in [-0.39, 0.29) is 0 Å². The minimum Gasteiger partial charge on any atom is -0.497 e. The fraction of sp³-hybridized carbons (Fsp3) is 0.333. The molecule has 20 heavy (non-hydrogen) atoms. The lowest BCUT2D eigenvalue weighted by molar-refractivity contribution is 0.153. The van der Waals surface area contributed by atoms with Crippen molar-refractivity contribution in [3.05, 3.63) is 29.8 Å². The molecular weight excluding hydrogens is 256 g/mol. The van der Waals surface area contributed by atoms with E-state index in [4.69, 9.17) is 9.47 Å². The summed E-state index contributed by atoms with van der Waals surface area (Å²) in [5, 5.41) is 9.19. The van der Waals surface area contributed by atoms with Gasteiger partial charge in [0.1, 0.15) is 11.8 Å². The Balaban J connectivity index is 2.37. The Hall–Kier alpha value is -2.48. The maximum atomic E-state index is 12.1. The summed E-state index contributed by atoms with van der Waals surface area (Å²) in [5.74, 6) is 0.700. The average Bonchev–Trinajstić information content (AvgIpc) is 2.50. The molecule has 1 aromatic rings. The van der Waals surface area contributed by atoms with E-state index in [0.717, 1.165) is 12.0 Å². The zero-order valence-corrected chi connectivity index (χ0v) is 11.5. The number of benzene rings is 1. The summed E-state index contributed by atoms with van der Waals surface area (Å²) in [6.45, 7) is 2.26. The summed E-state index contributed by atoms with van der Waals surface area (Å²) >= 11 is 0. The highest BCUT2D eigenvalue weighted by atomic mass is 16.6. The van der Waals surface area contributed by atoms with Gasteiger partial charge in [0.15, 0.2) is 0 Å². The standard InChI is InChI=1S/C15H16N2O3/c1-3-8-20-15(18)17-12(10-16)5-4-11-9-13(19-2)6-7-14(11)17/h4-7,9,12H,3,8H2,1-2H3. The third-order valence-corrected chi connectivity index (χ3v) is 2.99. The molecule has 0 bridgehead atoms. The fourth-order valence-corrected chi connectivity index (χ4v) is 2.01. The lowest BCUT2D eigenvalue weighted by Gasteiger charge is -2.29. The van der Waals surface area contributed by atoms with E-state index in [9.17, 15) is 10.1 Å². The first-order valence-corrected chi connectivity index (χ1v) is 6.43. The monoisotopic (exact) mass is 272 g/mol. The van der Waals surface area contributed by atoms with Crippen molar-refractivity contribution in [1.82, 2.24) is 0 Å². The first-order valence-electron chi connectivity index (χ1n) is 6.43. The third-order valence-electron chi connectivity index (χ3n) is 2.99. The van der Waals surface area contributed by atoms with Gasteiger partial charge in [0, 0.05) is 5.56 Å². The lowest BCUT2D eigenvalue weighted by atomic mass is 10.0. The minimum atomic E-state index is -0.653. The molecule has 0 aliphatic carbocycles. The number of anilines is 1. The van der Waals surface area contributed by atoms with Crippen LogP contribution in [0.25, 0.3) is 6.08 Å². The van der Waals surface area contributed by atoms with Gasteiger partial charge in [-0.25, -0.2) is 4.79 Å². The fourth-order valence-electron chi connectivity index (χ4n) is 2.01. The number of nitriles is 1. The highest BCUT2D eigenvalue weighted by Gasteiger charge is 2.29. The molecule has 5 heteroatoms. The van der Waals surface area contributed by atoms with Crippen molar-refractivity contribution in [2.75, 3.05) is 18.6 Å². The number of fused-ring (bicyclic) bond motifs is 1. The minimum absolute atomic E-state index is 0.336. The van der Waals surface area contributed by atoms with Crippen molar-refractivity contribution in [2.45, 2.75) is 19.4 Å². The molecule has 1 aliphatic heterocycles. The van der Waals surface area contributed by atoms with Gasteiger partial charge in [0.05, 0.1) is 25.5 Å². The van der Waals surface area contributed by atoms with E-state index in [0.29, 0.717) is 18.0 Å². The largest absolute Gasteiger partial charge is 0.497 e. The molecule has 1 unspecified atom stereocenters. The average molecular weight is 272 g/mol. The number of ether oxygens (including phenoxy) is 2. The number of nitrogens with zero attached hydrogens (tertiary/aromatic N) is 2. The summed E-state index contributed by atoms with van der Waals surface area (Å²) in [6.07, 6.45) is 3.72. The summed E-state index contributed by atoms with van der Waals surface area (Å²) < 4.78 is 10.3. The van der Waals surface area contributed by atoms with Gasteiger partial charge in [-0.1, -0.05) is 13.0 Å². The molecule has 0 radical (unpaired) electrons. The summed E-state index contributed by atoms with van der Waals surface area (Å²) in [4.78, 5) is 13.5. The van der Waals surface area contributed by atoms with Crippen molar-refractivity contribution in [3.63, 3.8) is 0 Å². The molecule has 1 heterocycles. The number of rotatable bonds is 3. The Morgan fingerprint density at radius 3 is 2.95 bits per heavy atom. The van der Waals surface area contributed by atoms with E-state index in [2.05, 4.69) is 6.07 Å². The van der Waals surface area contributed by atoms with Gasteiger partial charge in [-0.05, 0) is 30.7 Å². The Kier molecular flexibility index (Phi) is 4.26. The van der Waals surface area contributed by atoms with Gasteiger partial charge in [0.25, 0.3) is 0 Å². The normalized spacial score (nSPS) is 16.2. The van der Waals surface area contributed by atoms with Gasteiger partial charge >= 0.3 is 6.09 Å². The molecule has 1 atom stereocenters. The maximum absolute atomic E-state index is 12.1. The molecule has 0 fully saturated rings. The van der Waals surface area contributed by atoms with Crippen molar-refractivity contribution in [1.29, 1.82) is 5.26 Å². The van der Waals surface area contributed by atoms with Crippen LogP contribution in [0, 0.1) is 11.3 Å². The van der Waals surface area contributed by atoms with Crippen LogP contribution in [0.2, 0.25) is 0 Å². The Morgan fingerprint density at radius 2 is 2.30 bits per heavy atom. The van der Waals surface area contributed by atoms with Crippen LogP contribution >= 0.6 is 0 Å². The van der Waals surface area contributed by atoms with Crippen LogP contribution in [0.3, 0.4) is 0 Å². The molecule has 0 aromatic heterocycles. The summed E-state index contributed by atoms with van der Waals surface area (Å²) in [5.41, 5.74) is 1.48. The molecule has 104 valence electrons. The molecule has 0 spiro atoms. The number of amides is 1. The second-order valence-corrected chi connectivity index (χ2v) is 4.34. The number of hydrogen-bond donors (Lipinski definition) is 0. The zero-order valence-electron chi connectivity index (χ0n) is 11.5. The second-order valence-electron chi connectivity index (χ2n) is 4.34. The molecule has 0 saturated carbocycles. The molecule has 0 saturated heterocycles. The van der Waals surface area contributed by atoms with Crippen molar-refractivity contribution >= 4 is 17.9 Å². The van der Waals surface area contributed by atoms with Gasteiger partial charge in [0.2, 0.25) is 0 Å². The van der Waals surface area contributed by atoms with Crippen LogP contribution < -0.4 is 9.64 Å². The van der Waals surface area contributed by atoms with E-state index in [1.54, 1.807) is 25.3 Å². The highest BCUT2D eigenvalue weighted by Crippen LogP contribution is 2.32. The first-order chi connectivity index (χ1) is 9.71. The van der Waals surface area contributed by atoms with E-state index < -0.39 is 12.1 Å². The predicted molar refractivity (Wildman–Crippen MR) is 75.5 cm³/mol. The van der Waals surface area contributed by atoms with E-state index in [1.165, 1.54) is 4.90 Å². The van der Waals surface area contributed by atoms with Crippen LogP contribution in [0.1, 0.15) is 18.9 Å². The van der Waals surface area contributed by atoms with Crippen molar-refractivity contribution in [3.8, 4) is 11.8 Å². The smallest absolute Gasteiger partial charge is 0.415 e. The van der Waals surface area contributed by atoms with Crippen LogP contribution in [0.15, 0.2) is 24.3 Å². The van der Waals surface area contributed by atoms with Crippen LogP contribution in [-0.2, 0) is 4.74 Å². The van der Waals surface area contributed by atoms with Gasteiger partial charge in [-0.3, -0.25) is 4.90 Å². The highest BCUT2D eigenvalue weighted by molar-refractivity contribution is 5.94. The number of carbonyl (C=O) groups excluding carboxylic acids is 1. The molecule has 1 amide bonds. The van der Waals surface area contributed by atoms with Crippen molar-refractivity contribution in [2.24, 2.45) is 0 Å². The summed E-state index contributed by atoms with van der Waals surface area (Å²) in [6, 6.07) is 6.77. The van der Waals surface area contributed by atoms with Gasteiger partial charge < -0.3 is 9.47 Å². The Bertz CT molecular complexity index is 575.